The van der Waals surface area contributed by atoms with Gasteiger partial charge in [-0.2, -0.15) is 0 Å². The fourth-order valence-electron chi connectivity index (χ4n) is 6.83. The lowest BCUT2D eigenvalue weighted by Gasteiger charge is -2.39. The van der Waals surface area contributed by atoms with Gasteiger partial charge in [0, 0.05) is 17.3 Å². The number of halogens is 1. The zero-order chi connectivity index (χ0) is 28.5. The molecule has 7 atom stereocenters. The number of carbonyl (C=O) groups excluding carboxylic acids is 3. The molecular formula is C30H39ClN2O6. The number of hydrogen-bond acceptors (Lipinski definition) is 6. The van der Waals surface area contributed by atoms with Gasteiger partial charge >= 0.3 is 5.97 Å². The van der Waals surface area contributed by atoms with Crippen LogP contribution in [-0.2, 0) is 23.9 Å². The van der Waals surface area contributed by atoms with E-state index in [0.29, 0.717) is 36.4 Å². The SMILES string of the molecule is C=CCCCOC(=O)[C@H]1[C@H]2C(=O)N([C@@H](CC)CO)C(C(=O)N(CC=C)c3ccc(Cl)cc3)C23CC(C)[C@]1(C)O3. The number of aliphatic hydroxyl groups excluding tert-OH is 1. The Morgan fingerprint density at radius 1 is 1.31 bits per heavy atom. The van der Waals surface area contributed by atoms with Crippen molar-refractivity contribution in [2.45, 2.75) is 69.7 Å². The van der Waals surface area contributed by atoms with E-state index >= 15 is 0 Å². The van der Waals surface area contributed by atoms with Crippen molar-refractivity contribution in [3.63, 3.8) is 0 Å². The summed E-state index contributed by atoms with van der Waals surface area (Å²) < 4.78 is 12.4. The molecule has 0 radical (unpaired) electrons. The van der Waals surface area contributed by atoms with E-state index in [1.165, 1.54) is 4.90 Å². The molecule has 3 aliphatic heterocycles. The Balaban J connectivity index is 1.80. The predicted octanol–water partition coefficient (Wildman–Crippen LogP) is 4.15. The Hall–Kier alpha value is -2.68. The first kappa shape index (κ1) is 29.3. The number of unbranched alkanes of at least 4 members (excludes halogenated alkanes) is 1. The first-order valence-corrected chi connectivity index (χ1v) is 14.1. The smallest absolute Gasteiger partial charge is 0.312 e. The Bertz CT molecular complexity index is 1120. The number of likely N-dealkylation sites (tertiary alicyclic amines) is 1. The normalized spacial score (nSPS) is 31.6. The fourth-order valence-corrected chi connectivity index (χ4v) is 6.96. The third-order valence-corrected chi connectivity index (χ3v) is 9.08. The Morgan fingerprint density at radius 3 is 2.59 bits per heavy atom. The highest BCUT2D eigenvalue weighted by Crippen LogP contribution is 2.65. The van der Waals surface area contributed by atoms with Crippen LogP contribution in [0.4, 0.5) is 5.69 Å². The van der Waals surface area contributed by atoms with Crippen molar-refractivity contribution >= 4 is 35.1 Å². The molecule has 1 aromatic rings. The van der Waals surface area contributed by atoms with Gasteiger partial charge in [-0.3, -0.25) is 14.4 Å². The lowest BCUT2D eigenvalue weighted by molar-refractivity contribution is -0.162. The number of amides is 2. The van der Waals surface area contributed by atoms with Gasteiger partial charge < -0.3 is 24.4 Å². The summed E-state index contributed by atoms with van der Waals surface area (Å²) >= 11 is 6.10. The van der Waals surface area contributed by atoms with Gasteiger partial charge in [-0.1, -0.05) is 37.6 Å². The van der Waals surface area contributed by atoms with Crippen molar-refractivity contribution in [2.24, 2.45) is 17.8 Å². The van der Waals surface area contributed by atoms with E-state index in [9.17, 15) is 19.5 Å². The molecule has 3 heterocycles. The Morgan fingerprint density at radius 2 is 2.00 bits per heavy atom. The van der Waals surface area contributed by atoms with Gasteiger partial charge in [0.2, 0.25) is 5.91 Å². The maximum absolute atomic E-state index is 14.5. The molecule has 3 aliphatic rings. The molecule has 0 saturated carbocycles. The molecule has 8 nitrogen and oxygen atoms in total. The summed E-state index contributed by atoms with van der Waals surface area (Å²) in [6.45, 7) is 13.3. The van der Waals surface area contributed by atoms with Gasteiger partial charge in [-0.05, 0) is 62.8 Å². The maximum atomic E-state index is 14.5. The molecule has 0 aromatic heterocycles. The first-order valence-electron chi connectivity index (χ1n) is 13.7. The number of anilines is 1. The van der Waals surface area contributed by atoms with Gasteiger partial charge in [-0.25, -0.2) is 0 Å². The molecule has 9 heteroatoms. The second-order valence-electron chi connectivity index (χ2n) is 11.0. The molecule has 39 heavy (non-hydrogen) atoms. The van der Waals surface area contributed by atoms with E-state index in [0.717, 1.165) is 0 Å². The van der Waals surface area contributed by atoms with Crippen LogP contribution >= 0.6 is 11.6 Å². The number of nitrogens with zero attached hydrogens (tertiary/aromatic N) is 2. The Labute approximate surface area is 235 Å². The van der Waals surface area contributed by atoms with Crippen molar-refractivity contribution in [3.05, 3.63) is 54.6 Å². The van der Waals surface area contributed by atoms with Crippen molar-refractivity contribution < 1.29 is 29.0 Å². The van der Waals surface area contributed by atoms with Crippen LogP contribution in [-0.4, -0.2) is 70.8 Å². The van der Waals surface area contributed by atoms with Crippen molar-refractivity contribution in [1.82, 2.24) is 4.90 Å². The van der Waals surface area contributed by atoms with Crippen LogP contribution < -0.4 is 4.90 Å². The number of carbonyl (C=O) groups is 3. The Kier molecular flexibility index (Phi) is 8.59. The van der Waals surface area contributed by atoms with Gasteiger partial charge in [0.1, 0.15) is 17.6 Å². The summed E-state index contributed by atoms with van der Waals surface area (Å²) in [7, 11) is 0. The minimum absolute atomic E-state index is 0.111. The van der Waals surface area contributed by atoms with Crippen LogP contribution in [0.25, 0.3) is 0 Å². The zero-order valence-corrected chi connectivity index (χ0v) is 23.7. The summed E-state index contributed by atoms with van der Waals surface area (Å²) in [6, 6.07) is 5.22. The first-order chi connectivity index (χ1) is 18.6. The second kappa shape index (κ2) is 11.4. The molecule has 212 valence electrons. The van der Waals surface area contributed by atoms with Crippen LogP contribution in [0.15, 0.2) is 49.6 Å². The average molecular weight is 559 g/mol. The van der Waals surface area contributed by atoms with Crippen LogP contribution in [0.5, 0.6) is 0 Å². The highest BCUT2D eigenvalue weighted by molar-refractivity contribution is 6.30. The van der Waals surface area contributed by atoms with E-state index in [1.54, 1.807) is 41.3 Å². The third-order valence-electron chi connectivity index (χ3n) is 8.83. The van der Waals surface area contributed by atoms with Crippen LogP contribution in [0.1, 0.15) is 46.5 Å². The number of esters is 1. The van der Waals surface area contributed by atoms with Crippen molar-refractivity contribution in [3.8, 4) is 0 Å². The third kappa shape index (κ3) is 4.70. The summed E-state index contributed by atoms with van der Waals surface area (Å²) in [6.07, 6.45) is 5.57. The number of rotatable bonds is 12. The van der Waals surface area contributed by atoms with Crippen molar-refractivity contribution in [2.75, 3.05) is 24.7 Å². The minimum atomic E-state index is -1.23. The van der Waals surface area contributed by atoms with E-state index in [-0.39, 0.29) is 37.5 Å². The molecule has 1 N–H and O–H groups in total. The topological polar surface area (TPSA) is 96.4 Å². The van der Waals surface area contributed by atoms with Gasteiger partial charge in [-0.15, -0.1) is 13.2 Å². The highest BCUT2D eigenvalue weighted by atomic mass is 35.5. The number of aliphatic hydroxyl groups is 1. The monoisotopic (exact) mass is 558 g/mol. The average Bonchev–Trinajstić information content (AvgIpc) is 3.43. The molecule has 0 aliphatic carbocycles. The fraction of sp³-hybridized carbons (Fsp3) is 0.567. The quantitative estimate of drug-likeness (QED) is 0.235. The zero-order valence-electron chi connectivity index (χ0n) is 23.0. The summed E-state index contributed by atoms with van der Waals surface area (Å²) in [5.41, 5.74) is -1.61. The summed E-state index contributed by atoms with van der Waals surface area (Å²) in [4.78, 5) is 45.4. The van der Waals surface area contributed by atoms with Gasteiger partial charge in [0.15, 0.2) is 0 Å². The molecular weight excluding hydrogens is 520 g/mol. The predicted molar refractivity (Wildman–Crippen MR) is 149 cm³/mol. The standard InChI is InChI=1S/C30H39ClN2O6/c1-6-9-10-16-38-28(37)24-23-26(35)33(21(8-3)18-34)25(30(23)17-19(4)29(24,5)39-30)27(36)32(15-7-2)22-13-11-20(31)12-14-22/h6-7,11-14,19,21,23-25,34H,1-2,8-10,15-18H2,3-5H3/t19?,21-,23-,24+,25?,29-,30?/m0/s1. The number of fused-ring (bicyclic) bond motifs is 1. The van der Waals surface area contributed by atoms with E-state index in [1.807, 2.05) is 20.8 Å². The summed E-state index contributed by atoms with van der Waals surface area (Å²) in [5, 5.41) is 10.8. The number of ether oxygens (including phenoxy) is 2. The van der Waals surface area contributed by atoms with Crippen molar-refractivity contribution in [1.29, 1.82) is 0 Å². The second-order valence-corrected chi connectivity index (χ2v) is 11.4. The largest absolute Gasteiger partial charge is 0.465 e. The molecule has 1 spiro atoms. The number of allylic oxidation sites excluding steroid dienone is 1. The number of benzene rings is 1. The molecule has 3 saturated heterocycles. The van der Waals surface area contributed by atoms with E-state index < -0.39 is 41.1 Å². The number of hydrogen-bond donors (Lipinski definition) is 1. The minimum Gasteiger partial charge on any atom is -0.465 e. The van der Waals surface area contributed by atoms with Crippen LogP contribution in [0.2, 0.25) is 5.02 Å². The molecule has 3 unspecified atom stereocenters. The van der Waals surface area contributed by atoms with Gasteiger partial charge in [0.05, 0.1) is 30.8 Å². The maximum Gasteiger partial charge on any atom is 0.312 e. The molecule has 2 bridgehead atoms. The molecule has 4 rings (SSSR count). The lowest BCUT2D eigenvalue weighted by atomic mass is 9.62. The molecule has 2 amide bonds. The van der Waals surface area contributed by atoms with Crippen LogP contribution in [0, 0.1) is 17.8 Å². The van der Waals surface area contributed by atoms with Gasteiger partial charge in [0.25, 0.3) is 5.91 Å². The van der Waals surface area contributed by atoms with Crippen LogP contribution in [0.3, 0.4) is 0 Å². The molecule has 3 fully saturated rings. The lowest BCUT2D eigenvalue weighted by Crippen LogP contribution is -2.59. The van der Waals surface area contributed by atoms with E-state index in [2.05, 4.69) is 13.2 Å². The summed E-state index contributed by atoms with van der Waals surface area (Å²) in [5.74, 6) is -3.06. The highest BCUT2D eigenvalue weighted by Gasteiger charge is 2.80. The van der Waals surface area contributed by atoms with E-state index in [4.69, 9.17) is 21.1 Å². The molecule has 1 aromatic carbocycles.